The summed E-state index contributed by atoms with van der Waals surface area (Å²) in [6.45, 7) is 0.203. The molecule has 0 atom stereocenters. The van der Waals surface area contributed by atoms with Crippen molar-refractivity contribution in [2.45, 2.75) is 17.5 Å². The summed E-state index contributed by atoms with van der Waals surface area (Å²) < 4.78 is 19.8. The van der Waals surface area contributed by atoms with Crippen molar-refractivity contribution in [3.05, 3.63) is 121 Å². The minimum Gasteiger partial charge on any atom is -0.495 e. The zero-order valence-corrected chi connectivity index (χ0v) is 22.5. The van der Waals surface area contributed by atoms with E-state index in [0.717, 1.165) is 28.1 Å². The number of ether oxygens (including phenoxy) is 2. The summed E-state index contributed by atoms with van der Waals surface area (Å²) in [4.78, 5) is 0. The Bertz CT molecular complexity index is 1700. The summed E-state index contributed by atoms with van der Waals surface area (Å²) >= 11 is 1.45. The molecule has 6 aromatic rings. The van der Waals surface area contributed by atoms with Crippen molar-refractivity contribution in [3.63, 3.8) is 0 Å². The Balaban J connectivity index is 1.28. The first-order valence-corrected chi connectivity index (χ1v) is 13.6. The lowest BCUT2D eigenvalue weighted by atomic mass is 10.1. The number of benzene rings is 4. The lowest BCUT2D eigenvalue weighted by molar-refractivity contribution is 0.293. The molecule has 0 aliphatic rings. The third-order valence-corrected chi connectivity index (χ3v) is 7.08. The predicted molar refractivity (Wildman–Crippen MR) is 153 cm³/mol. The molecule has 8 nitrogen and oxygen atoms in total. The molecule has 0 amide bonds. The number of hydrogen-bond donors (Lipinski definition) is 0. The average molecular weight is 548 g/mol. The van der Waals surface area contributed by atoms with Gasteiger partial charge in [0, 0.05) is 11.1 Å². The lowest BCUT2D eigenvalue weighted by Gasteiger charge is -2.15. The molecule has 0 fully saturated rings. The molecule has 0 N–H and O–H groups in total. The standard InChI is InChI=1S/C31H25N5O3S/c1-37-27-19-11-9-17-25(27)36-28(20-38-26-18-10-8-16-24(26)22-12-4-2-5-13-22)32-35-31(36)40-21-29-33-34-30(39-29)23-14-6-3-7-15-23/h2-19H,20-21H2,1H3. The maximum atomic E-state index is 6.33. The van der Waals surface area contributed by atoms with Crippen molar-refractivity contribution in [2.75, 3.05) is 7.11 Å². The first kappa shape index (κ1) is 25.4. The molecule has 9 heteroatoms. The molecule has 2 heterocycles. The number of nitrogens with zero attached hydrogens (tertiary/aromatic N) is 5. The quantitative estimate of drug-likeness (QED) is 0.172. The molecule has 40 heavy (non-hydrogen) atoms. The van der Waals surface area contributed by atoms with Gasteiger partial charge in [-0.25, -0.2) is 0 Å². The highest BCUT2D eigenvalue weighted by Gasteiger charge is 2.20. The van der Waals surface area contributed by atoms with Gasteiger partial charge < -0.3 is 13.9 Å². The smallest absolute Gasteiger partial charge is 0.247 e. The normalized spacial score (nSPS) is 10.9. The van der Waals surface area contributed by atoms with E-state index in [-0.39, 0.29) is 6.61 Å². The van der Waals surface area contributed by atoms with E-state index < -0.39 is 0 Å². The molecule has 6 rings (SSSR count). The van der Waals surface area contributed by atoms with Crippen molar-refractivity contribution in [1.82, 2.24) is 25.0 Å². The molecular formula is C31H25N5O3S. The van der Waals surface area contributed by atoms with Crippen LogP contribution in [-0.2, 0) is 12.4 Å². The fourth-order valence-corrected chi connectivity index (χ4v) is 5.07. The molecule has 0 bridgehead atoms. The van der Waals surface area contributed by atoms with Gasteiger partial charge in [-0.05, 0) is 35.9 Å². The van der Waals surface area contributed by atoms with E-state index in [2.05, 4.69) is 32.5 Å². The largest absolute Gasteiger partial charge is 0.495 e. The highest BCUT2D eigenvalue weighted by Crippen LogP contribution is 2.33. The van der Waals surface area contributed by atoms with E-state index in [1.165, 1.54) is 11.8 Å². The van der Waals surface area contributed by atoms with Gasteiger partial charge in [-0.15, -0.1) is 20.4 Å². The molecule has 4 aromatic carbocycles. The third kappa shape index (κ3) is 5.45. The summed E-state index contributed by atoms with van der Waals surface area (Å²) in [6.07, 6.45) is 0. The SMILES string of the molecule is COc1ccccc1-n1c(COc2ccccc2-c2ccccc2)nnc1SCc1nnc(-c2ccccc2)o1. The molecule has 2 aromatic heterocycles. The van der Waals surface area contributed by atoms with Crippen LogP contribution in [0.3, 0.4) is 0 Å². The lowest BCUT2D eigenvalue weighted by Crippen LogP contribution is -2.08. The van der Waals surface area contributed by atoms with E-state index >= 15 is 0 Å². The average Bonchev–Trinajstić information content (AvgIpc) is 3.67. The molecule has 198 valence electrons. The maximum Gasteiger partial charge on any atom is 0.247 e. The monoisotopic (exact) mass is 547 g/mol. The Hall–Kier alpha value is -4.89. The first-order valence-electron chi connectivity index (χ1n) is 12.7. The summed E-state index contributed by atoms with van der Waals surface area (Å²) in [6, 6.07) is 35.6. The first-order chi connectivity index (χ1) is 19.8. The second-order valence-corrected chi connectivity index (χ2v) is 9.66. The summed E-state index contributed by atoms with van der Waals surface area (Å²) in [7, 11) is 1.64. The van der Waals surface area contributed by atoms with Crippen LogP contribution in [0.4, 0.5) is 0 Å². The van der Waals surface area contributed by atoms with Crippen LogP contribution in [0.1, 0.15) is 11.7 Å². The van der Waals surface area contributed by atoms with Gasteiger partial charge in [0.25, 0.3) is 0 Å². The van der Waals surface area contributed by atoms with Crippen molar-refractivity contribution < 1.29 is 13.9 Å². The van der Waals surface area contributed by atoms with E-state index in [9.17, 15) is 0 Å². The van der Waals surface area contributed by atoms with Crippen molar-refractivity contribution in [2.24, 2.45) is 0 Å². The van der Waals surface area contributed by atoms with Crippen LogP contribution in [0.25, 0.3) is 28.3 Å². The molecule has 0 saturated heterocycles. The van der Waals surface area contributed by atoms with E-state index in [1.54, 1.807) is 7.11 Å². The Morgan fingerprint density at radius 2 is 1.38 bits per heavy atom. The van der Waals surface area contributed by atoms with E-state index in [4.69, 9.17) is 13.9 Å². The highest BCUT2D eigenvalue weighted by atomic mass is 32.2. The van der Waals surface area contributed by atoms with Gasteiger partial charge in [-0.3, -0.25) is 4.57 Å². The van der Waals surface area contributed by atoms with Gasteiger partial charge in [0.2, 0.25) is 11.8 Å². The molecule has 0 spiro atoms. The Morgan fingerprint density at radius 1 is 0.700 bits per heavy atom. The van der Waals surface area contributed by atoms with Gasteiger partial charge in [0.15, 0.2) is 11.0 Å². The van der Waals surface area contributed by atoms with Crippen molar-refractivity contribution >= 4 is 11.8 Å². The second kappa shape index (κ2) is 11.9. The molecular weight excluding hydrogens is 522 g/mol. The minimum atomic E-state index is 0.203. The Morgan fingerprint density at radius 3 is 2.15 bits per heavy atom. The van der Waals surface area contributed by atoms with Crippen molar-refractivity contribution in [3.8, 4) is 39.8 Å². The summed E-state index contributed by atoms with van der Waals surface area (Å²) in [5.41, 5.74) is 3.77. The molecule has 0 unspecified atom stereocenters. The van der Waals surface area contributed by atoms with Gasteiger partial charge >= 0.3 is 0 Å². The van der Waals surface area contributed by atoms with Crippen molar-refractivity contribution in [1.29, 1.82) is 0 Å². The van der Waals surface area contributed by atoms with Gasteiger partial charge in [-0.1, -0.05) is 90.6 Å². The number of hydrogen-bond acceptors (Lipinski definition) is 8. The topological polar surface area (TPSA) is 88.1 Å². The molecule has 0 aliphatic carbocycles. The molecule has 0 radical (unpaired) electrons. The number of para-hydroxylation sites is 3. The Labute approximate surface area is 235 Å². The van der Waals surface area contributed by atoms with Crippen LogP contribution in [-0.4, -0.2) is 32.1 Å². The minimum absolute atomic E-state index is 0.203. The van der Waals surface area contributed by atoms with Crippen LogP contribution < -0.4 is 9.47 Å². The van der Waals surface area contributed by atoms with Crippen LogP contribution in [0.5, 0.6) is 11.5 Å². The molecule has 0 aliphatic heterocycles. The number of thioether (sulfide) groups is 1. The zero-order chi connectivity index (χ0) is 27.1. The molecule has 0 saturated carbocycles. The zero-order valence-electron chi connectivity index (χ0n) is 21.7. The van der Waals surface area contributed by atoms with E-state index in [0.29, 0.717) is 34.3 Å². The van der Waals surface area contributed by atoms with Gasteiger partial charge in [0.05, 0.1) is 18.6 Å². The highest BCUT2D eigenvalue weighted by molar-refractivity contribution is 7.98. The number of aromatic nitrogens is 5. The van der Waals surface area contributed by atoms with Gasteiger partial charge in [-0.2, -0.15) is 0 Å². The number of methoxy groups -OCH3 is 1. The van der Waals surface area contributed by atoms with E-state index in [1.807, 2.05) is 102 Å². The summed E-state index contributed by atoms with van der Waals surface area (Å²) in [5, 5.41) is 18.1. The van der Waals surface area contributed by atoms with Gasteiger partial charge in [0.1, 0.15) is 18.1 Å². The predicted octanol–water partition coefficient (Wildman–Crippen LogP) is 6.86. The fraction of sp³-hybridized carbons (Fsp3) is 0.0968. The number of rotatable bonds is 10. The maximum absolute atomic E-state index is 6.33. The van der Waals surface area contributed by atoms with Crippen LogP contribution >= 0.6 is 11.8 Å². The fourth-order valence-electron chi connectivity index (χ4n) is 4.27. The third-order valence-electron chi connectivity index (χ3n) is 6.17. The Kier molecular flexibility index (Phi) is 7.54. The summed E-state index contributed by atoms with van der Waals surface area (Å²) in [5.74, 6) is 3.48. The second-order valence-electron chi connectivity index (χ2n) is 8.71. The van der Waals surface area contributed by atoms with Crippen LogP contribution in [0.15, 0.2) is 119 Å². The van der Waals surface area contributed by atoms with Crippen LogP contribution in [0.2, 0.25) is 0 Å². The van der Waals surface area contributed by atoms with Crippen LogP contribution in [0, 0.1) is 0 Å².